The third kappa shape index (κ3) is 5.13. The molecule has 0 fully saturated rings. The van der Waals surface area contributed by atoms with E-state index in [9.17, 15) is 4.80 Å². The molecule has 1 N–H and O–H groups in total. The van der Waals surface area contributed by atoms with Crippen molar-refractivity contribution in [1.29, 1.82) is 0 Å². The Hall–Kier alpha value is -1.08. The molecule has 1 rings (SSSR count). The fourth-order valence-electron chi connectivity index (χ4n) is 0.854. The average molecular weight is 255 g/mol. The Morgan fingerprint density at radius 3 is 2.62 bits per heavy atom. The van der Waals surface area contributed by atoms with Crippen LogP contribution >= 0.6 is 11.8 Å². The minimum absolute atomic E-state index is 0.266. The van der Waals surface area contributed by atoms with E-state index >= 15 is 0 Å². The van der Waals surface area contributed by atoms with E-state index < -0.39 is 8.32 Å². The van der Waals surface area contributed by atoms with E-state index in [1.165, 1.54) is 11.8 Å². The Balaban J connectivity index is 2.54. The molecule has 8 heteroatoms. The van der Waals surface area contributed by atoms with Crippen molar-refractivity contribution in [3.8, 4) is 0 Å². The second kappa shape index (κ2) is 5.85. The molecule has 16 heavy (non-hydrogen) atoms. The molecule has 6 nitrogen and oxygen atoms in total. The molecule has 0 aromatic carbocycles. The predicted molar refractivity (Wildman–Crippen MR) is 65.3 cm³/mol. The van der Waals surface area contributed by atoms with E-state index in [0.29, 0.717) is 10.5 Å². The summed E-state index contributed by atoms with van der Waals surface area (Å²) >= 11 is 1.45. The highest BCUT2D eigenvalue weighted by Crippen LogP contribution is 2.16. The molecule has 0 bridgehead atoms. The highest BCUT2D eigenvalue weighted by atomic mass is 32.2. The Labute approximate surface area is 98.9 Å². The molecule has 1 aromatic rings. The van der Waals surface area contributed by atoms with Gasteiger partial charge in [-0.2, -0.15) is 0 Å². The normalized spacial score (nSPS) is 10.9. The highest BCUT2D eigenvalue weighted by Gasteiger charge is 2.17. The van der Waals surface area contributed by atoms with Crippen LogP contribution in [0.2, 0.25) is 13.1 Å². The molecule has 0 atom stereocenters. The summed E-state index contributed by atoms with van der Waals surface area (Å²) in [7, 11) is -2.06. The van der Waals surface area contributed by atoms with Crippen LogP contribution in [0.5, 0.6) is 0 Å². The lowest BCUT2D eigenvalue weighted by Crippen LogP contribution is -2.29. The zero-order chi connectivity index (χ0) is 12.0. The van der Waals surface area contributed by atoms with Crippen LogP contribution in [0.4, 0.5) is 0 Å². The minimum Gasteiger partial charge on any atom is -0.431 e. The van der Waals surface area contributed by atoms with Crippen molar-refractivity contribution in [3.63, 3.8) is 0 Å². The van der Waals surface area contributed by atoms with E-state index in [2.05, 4.69) is 20.0 Å². The summed E-state index contributed by atoms with van der Waals surface area (Å²) in [5.41, 5.74) is 8.93. The van der Waals surface area contributed by atoms with Gasteiger partial charge in [0.15, 0.2) is 13.5 Å². The largest absolute Gasteiger partial charge is 0.431 e. The number of nitrogens with zero attached hydrogens (tertiary/aromatic N) is 5. The Bertz CT molecular complexity index is 384. The fraction of sp³-hybridized carbons (Fsp3) is 0.500. The fourth-order valence-corrected chi connectivity index (χ4v) is 3.04. The Kier molecular flexibility index (Phi) is 4.75. The van der Waals surface area contributed by atoms with Gasteiger partial charge in [0.2, 0.25) is 0 Å². The molecule has 1 heterocycles. The standard InChI is InChI=1S/C8H13N5OSSi/c1-16(2,14)6-15-8-10-3-7(4-11-8)5-12-13-9/h3-4,14H,5-6H2,1-2H3. The summed E-state index contributed by atoms with van der Waals surface area (Å²) < 4.78 is 0. The molecule has 0 saturated carbocycles. The molecule has 0 saturated heterocycles. The Morgan fingerprint density at radius 1 is 1.50 bits per heavy atom. The molecular formula is C8H13N5OSSi. The first-order valence-corrected chi connectivity index (χ1v) is 8.82. The molecule has 1 aromatic heterocycles. The molecule has 0 amide bonds. The first kappa shape index (κ1) is 13.0. The van der Waals surface area contributed by atoms with Gasteiger partial charge in [-0.1, -0.05) is 16.9 Å². The lowest BCUT2D eigenvalue weighted by molar-refractivity contribution is 0.559. The number of hydrogen-bond donors (Lipinski definition) is 1. The van der Waals surface area contributed by atoms with Crippen LogP contribution in [0.3, 0.4) is 0 Å². The van der Waals surface area contributed by atoms with Gasteiger partial charge in [-0.3, -0.25) is 0 Å². The van der Waals surface area contributed by atoms with E-state index in [-0.39, 0.29) is 6.54 Å². The van der Waals surface area contributed by atoms with E-state index in [4.69, 9.17) is 5.53 Å². The van der Waals surface area contributed by atoms with Crippen molar-refractivity contribution in [3.05, 3.63) is 28.4 Å². The molecule has 0 radical (unpaired) electrons. The van der Waals surface area contributed by atoms with Gasteiger partial charge in [0, 0.05) is 22.7 Å². The van der Waals surface area contributed by atoms with E-state index in [1.807, 2.05) is 13.1 Å². The summed E-state index contributed by atoms with van der Waals surface area (Å²) in [4.78, 5) is 20.5. The summed E-state index contributed by atoms with van der Waals surface area (Å²) in [6, 6.07) is 0. The van der Waals surface area contributed by atoms with Gasteiger partial charge in [-0.25, -0.2) is 9.97 Å². The molecule has 0 aliphatic carbocycles. The average Bonchev–Trinajstić information content (AvgIpc) is 2.24. The quantitative estimate of drug-likeness (QED) is 0.218. The van der Waals surface area contributed by atoms with Crippen LogP contribution in [-0.2, 0) is 6.54 Å². The van der Waals surface area contributed by atoms with Crippen molar-refractivity contribution in [2.45, 2.75) is 24.8 Å². The van der Waals surface area contributed by atoms with E-state index in [1.54, 1.807) is 12.4 Å². The van der Waals surface area contributed by atoms with E-state index in [0.717, 1.165) is 5.56 Å². The van der Waals surface area contributed by atoms with Crippen LogP contribution in [0.15, 0.2) is 22.7 Å². The van der Waals surface area contributed by atoms with Crippen LogP contribution in [0.1, 0.15) is 5.56 Å². The smallest absolute Gasteiger partial charge is 0.192 e. The van der Waals surface area contributed by atoms with Gasteiger partial charge < -0.3 is 4.80 Å². The van der Waals surface area contributed by atoms with Crippen LogP contribution in [0.25, 0.3) is 10.4 Å². The molecule has 0 aliphatic heterocycles. The van der Waals surface area contributed by atoms with Gasteiger partial charge in [-0.05, 0) is 24.2 Å². The highest BCUT2D eigenvalue weighted by molar-refractivity contribution is 8.00. The van der Waals surface area contributed by atoms with Gasteiger partial charge in [0.25, 0.3) is 0 Å². The first-order valence-electron chi connectivity index (χ1n) is 4.68. The summed E-state index contributed by atoms with van der Waals surface area (Å²) in [6.45, 7) is 4.01. The zero-order valence-corrected chi connectivity index (χ0v) is 11.0. The van der Waals surface area contributed by atoms with Gasteiger partial charge in [-0.15, -0.1) is 0 Å². The summed E-state index contributed by atoms with van der Waals surface area (Å²) in [5.74, 6) is 0. The maximum atomic E-state index is 9.66. The number of hydrogen-bond acceptors (Lipinski definition) is 5. The van der Waals surface area contributed by atoms with Crippen molar-refractivity contribution >= 4 is 20.1 Å². The predicted octanol–water partition coefficient (Wildman–Crippen LogP) is 2.12. The minimum atomic E-state index is -2.06. The third-order valence-corrected chi connectivity index (χ3v) is 5.42. The van der Waals surface area contributed by atoms with Gasteiger partial charge in [0.05, 0.1) is 6.54 Å². The molecule has 0 aliphatic rings. The second-order valence-electron chi connectivity index (χ2n) is 3.86. The molecule has 86 valence electrons. The lowest BCUT2D eigenvalue weighted by atomic mass is 10.4. The van der Waals surface area contributed by atoms with Crippen molar-refractivity contribution in [1.82, 2.24) is 9.97 Å². The maximum absolute atomic E-state index is 9.66. The number of azide groups is 1. The van der Waals surface area contributed by atoms with Crippen LogP contribution in [-0.4, -0.2) is 28.5 Å². The summed E-state index contributed by atoms with van der Waals surface area (Å²) in [6.07, 6.45) is 3.27. The SMILES string of the molecule is C[Si](C)(O)CSc1ncc(CN=[N+]=[N-])cn1. The topological polar surface area (TPSA) is 94.8 Å². The van der Waals surface area contributed by atoms with Crippen molar-refractivity contribution in [2.75, 3.05) is 5.38 Å². The zero-order valence-electron chi connectivity index (χ0n) is 9.16. The molecular weight excluding hydrogens is 242 g/mol. The van der Waals surface area contributed by atoms with Crippen LogP contribution < -0.4 is 0 Å². The maximum Gasteiger partial charge on any atom is 0.192 e. The monoisotopic (exact) mass is 255 g/mol. The van der Waals surface area contributed by atoms with Crippen molar-refractivity contribution in [2.24, 2.45) is 5.11 Å². The number of thioether (sulfide) groups is 1. The molecule has 0 spiro atoms. The number of rotatable bonds is 5. The Morgan fingerprint density at radius 2 is 2.12 bits per heavy atom. The summed E-state index contributed by atoms with van der Waals surface area (Å²) in [5, 5.41) is 4.73. The van der Waals surface area contributed by atoms with Gasteiger partial charge >= 0.3 is 0 Å². The molecule has 0 unspecified atom stereocenters. The van der Waals surface area contributed by atoms with Gasteiger partial charge in [0.1, 0.15) is 0 Å². The number of aromatic nitrogens is 2. The third-order valence-electron chi connectivity index (χ3n) is 1.55. The van der Waals surface area contributed by atoms with Crippen LogP contribution in [0, 0.1) is 0 Å². The lowest BCUT2D eigenvalue weighted by Gasteiger charge is -2.11. The second-order valence-corrected chi connectivity index (χ2v) is 9.30. The van der Waals surface area contributed by atoms with Crippen molar-refractivity contribution < 1.29 is 4.80 Å². The first-order chi connectivity index (χ1) is 7.51.